The van der Waals surface area contributed by atoms with Crippen LogP contribution in [-0.2, 0) is 6.54 Å². The van der Waals surface area contributed by atoms with Gasteiger partial charge in [0.15, 0.2) is 11.6 Å². The zero-order chi connectivity index (χ0) is 11.4. The molecule has 0 saturated carbocycles. The molecule has 0 radical (unpaired) electrons. The molecule has 0 amide bonds. The fraction of sp³-hybridized carbons (Fsp3) is 0.400. The molecule has 0 aliphatic rings. The van der Waals surface area contributed by atoms with Crippen molar-refractivity contribution in [3.8, 4) is 5.82 Å². The van der Waals surface area contributed by atoms with Crippen LogP contribution in [0.15, 0.2) is 24.4 Å². The molecule has 0 aromatic carbocycles. The lowest BCUT2D eigenvalue weighted by Gasteiger charge is -2.07. The third-order valence-corrected chi connectivity index (χ3v) is 2.07. The van der Waals surface area contributed by atoms with Gasteiger partial charge in [-0.25, -0.2) is 4.98 Å². The van der Waals surface area contributed by atoms with Crippen molar-refractivity contribution in [2.75, 3.05) is 0 Å². The maximum atomic E-state index is 4.20. The van der Waals surface area contributed by atoms with Crippen molar-refractivity contribution in [2.45, 2.75) is 26.4 Å². The highest BCUT2D eigenvalue weighted by Crippen LogP contribution is 2.03. The molecular formula is C10H14N6. The molecule has 2 heterocycles. The minimum Gasteiger partial charge on any atom is -0.308 e. The summed E-state index contributed by atoms with van der Waals surface area (Å²) in [5, 5.41) is 14.8. The molecule has 6 nitrogen and oxygen atoms in total. The molecule has 84 valence electrons. The van der Waals surface area contributed by atoms with Gasteiger partial charge in [-0.1, -0.05) is 19.9 Å². The standard InChI is InChI=1S/C10H14N6/c1-8(2)12-7-10-13-14-15-16(10)9-5-3-4-6-11-9/h3-6,8,12H,7H2,1-2H3. The Morgan fingerprint density at radius 1 is 1.38 bits per heavy atom. The van der Waals surface area contributed by atoms with Crippen molar-refractivity contribution in [2.24, 2.45) is 0 Å². The van der Waals surface area contributed by atoms with E-state index in [1.165, 1.54) is 0 Å². The number of nitrogens with zero attached hydrogens (tertiary/aromatic N) is 5. The second-order valence-corrected chi connectivity index (χ2v) is 3.73. The summed E-state index contributed by atoms with van der Waals surface area (Å²) in [6.45, 7) is 4.78. The van der Waals surface area contributed by atoms with Crippen molar-refractivity contribution < 1.29 is 0 Å². The lowest BCUT2D eigenvalue weighted by Crippen LogP contribution is -2.24. The normalized spacial score (nSPS) is 10.9. The molecule has 0 aliphatic heterocycles. The van der Waals surface area contributed by atoms with Crippen molar-refractivity contribution in [1.29, 1.82) is 0 Å². The Labute approximate surface area is 93.7 Å². The van der Waals surface area contributed by atoms with Crippen LogP contribution in [0.5, 0.6) is 0 Å². The molecule has 0 spiro atoms. The van der Waals surface area contributed by atoms with Crippen LogP contribution in [0.3, 0.4) is 0 Å². The van der Waals surface area contributed by atoms with Gasteiger partial charge < -0.3 is 5.32 Å². The average molecular weight is 218 g/mol. The van der Waals surface area contributed by atoms with Crippen LogP contribution in [0, 0.1) is 0 Å². The van der Waals surface area contributed by atoms with Crippen LogP contribution < -0.4 is 5.32 Å². The van der Waals surface area contributed by atoms with Crippen LogP contribution >= 0.6 is 0 Å². The Morgan fingerprint density at radius 3 is 2.94 bits per heavy atom. The number of hydrogen-bond acceptors (Lipinski definition) is 5. The van der Waals surface area contributed by atoms with Crippen molar-refractivity contribution in [3.05, 3.63) is 30.2 Å². The van der Waals surface area contributed by atoms with Crippen LogP contribution in [0.4, 0.5) is 0 Å². The summed E-state index contributed by atoms with van der Waals surface area (Å²) in [7, 11) is 0. The van der Waals surface area contributed by atoms with Crippen LogP contribution in [-0.4, -0.2) is 31.2 Å². The molecule has 0 unspecified atom stereocenters. The third-order valence-electron chi connectivity index (χ3n) is 2.07. The van der Waals surface area contributed by atoms with E-state index in [0.29, 0.717) is 12.6 Å². The molecule has 0 bridgehead atoms. The summed E-state index contributed by atoms with van der Waals surface area (Å²) >= 11 is 0. The fourth-order valence-corrected chi connectivity index (χ4v) is 1.27. The predicted molar refractivity (Wildman–Crippen MR) is 58.9 cm³/mol. The molecule has 0 saturated heterocycles. The molecule has 0 aliphatic carbocycles. The second-order valence-electron chi connectivity index (χ2n) is 3.73. The average Bonchev–Trinajstić information content (AvgIpc) is 2.75. The number of rotatable bonds is 4. The Morgan fingerprint density at radius 2 is 2.25 bits per heavy atom. The molecule has 0 atom stereocenters. The number of aromatic nitrogens is 5. The van der Waals surface area contributed by atoms with Gasteiger partial charge >= 0.3 is 0 Å². The molecular weight excluding hydrogens is 204 g/mol. The van der Waals surface area contributed by atoms with E-state index >= 15 is 0 Å². The number of tetrazole rings is 1. The summed E-state index contributed by atoms with van der Waals surface area (Å²) in [5.41, 5.74) is 0. The van der Waals surface area contributed by atoms with Gasteiger partial charge in [0, 0.05) is 12.2 Å². The summed E-state index contributed by atoms with van der Waals surface area (Å²) < 4.78 is 1.63. The highest BCUT2D eigenvalue weighted by atomic mass is 15.6. The molecule has 0 fully saturated rings. The van der Waals surface area contributed by atoms with Gasteiger partial charge in [-0.05, 0) is 22.6 Å². The Bertz CT molecular complexity index is 436. The van der Waals surface area contributed by atoms with E-state index in [1.807, 2.05) is 18.2 Å². The van der Waals surface area contributed by atoms with Gasteiger partial charge in [-0.3, -0.25) is 0 Å². The highest BCUT2D eigenvalue weighted by molar-refractivity contribution is 5.20. The van der Waals surface area contributed by atoms with E-state index < -0.39 is 0 Å². The second kappa shape index (κ2) is 4.80. The first-order chi connectivity index (χ1) is 7.77. The predicted octanol–water partition coefficient (Wildman–Crippen LogP) is 0.555. The van der Waals surface area contributed by atoms with E-state index in [4.69, 9.17) is 0 Å². The molecule has 2 aromatic rings. The van der Waals surface area contributed by atoms with E-state index in [1.54, 1.807) is 10.9 Å². The highest BCUT2D eigenvalue weighted by Gasteiger charge is 2.08. The maximum absolute atomic E-state index is 4.20. The van der Waals surface area contributed by atoms with Crippen molar-refractivity contribution >= 4 is 0 Å². The first-order valence-electron chi connectivity index (χ1n) is 5.19. The lowest BCUT2D eigenvalue weighted by molar-refractivity contribution is 0.561. The van der Waals surface area contributed by atoms with E-state index in [9.17, 15) is 0 Å². The molecule has 1 N–H and O–H groups in total. The van der Waals surface area contributed by atoms with Gasteiger partial charge in [0.1, 0.15) is 0 Å². The zero-order valence-electron chi connectivity index (χ0n) is 9.33. The van der Waals surface area contributed by atoms with Gasteiger partial charge in [0.05, 0.1) is 6.54 Å². The largest absolute Gasteiger partial charge is 0.308 e. The van der Waals surface area contributed by atoms with E-state index in [2.05, 4.69) is 39.7 Å². The van der Waals surface area contributed by atoms with Crippen LogP contribution in [0.1, 0.15) is 19.7 Å². The van der Waals surface area contributed by atoms with Crippen LogP contribution in [0.2, 0.25) is 0 Å². The van der Waals surface area contributed by atoms with Gasteiger partial charge in [0.25, 0.3) is 0 Å². The smallest absolute Gasteiger partial charge is 0.172 e. The van der Waals surface area contributed by atoms with Gasteiger partial charge in [-0.2, -0.15) is 4.68 Å². The van der Waals surface area contributed by atoms with E-state index in [-0.39, 0.29) is 0 Å². The molecule has 6 heteroatoms. The Kier molecular flexibility index (Phi) is 3.21. The summed E-state index contributed by atoms with van der Waals surface area (Å²) in [6.07, 6.45) is 1.72. The number of pyridine rings is 1. The Hall–Kier alpha value is -1.82. The third kappa shape index (κ3) is 2.40. The van der Waals surface area contributed by atoms with Crippen LogP contribution in [0.25, 0.3) is 5.82 Å². The van der Waals surface area contributed by atoms with Gasteiger partial charge in [0.2, 0.25) is 0 Å². The monoisotopic (exact) mass is 218 g/mol. The number of nitrogens with one attached hydrogen (secondary N) is 1. The maximum Gasteiger partial charge on any atom is 0.172 e. The quantitative estimate of drug-likeness (QED) is 0.811. The van der Waals surface area contributed by atoms with E-state index in [0.717, 1.165) is 11.6 Å². The zero-order valence-corrected chi connectivity index (χ0v) is 9.33. The number of hydrogen-bond donors (Lipinski definition) is 1. The summed E-state index contributed by atoms with van der Waals surface area (Å²) in [4.78, 5) is 4.20. The Balaban J connectivity index is 2.19. The lowest BCUT2D eigenvalue weighted by atomic mass is 10.4. The molecule has 2 aromatic heterocycles. The summed E-state index contributed by atoms with van der Waals surface area (Å²) in [6, 6.07) is 6.03. The SMILES string of the molecule is CC(C)NCc1nnnn1-c1ccccn1. The minimum absolute atomic E-state index is 0.397. The molecule has 2 rings (SSSR count). The topological polar surface area (TPSA) is 68.5 Å². The fourth-order valence-electron chi connectivity index (χ4n) is 1.27. The minimum atomic E-state index is 0.397. The molecule has 16 heavy (non-hydrogen) atoms. The van der Waals surface area contributed by atoms with Crippen molar-refractivity contribution in [3.63, 3.8) is 0 Å². The first kappa shape index (κ1) is 10.7. The summed E-state index contributed by atoms with van der Waals surface area (Å²) in [5.74, 6) is 1.49. The first-order valence-corrected chi connectivity index (χ1v) is 5.19. The van der Waals surface area contributed by atoms with Crippen molar-refractivity contribution in [1.82, 2.24) is 30.5 Å². The van der Waals surface area contributed by atoms with Gasteiger partial charge in [-0.15, -0.1) is 5.10 Å².